The Morgan fingerprint density at radius 1 is 1.43 bits per heavy atom. The third-order valence-electron chi connectivity index (χ3n) is 2.22. The Hall–Kier alpha value is -0.730. The van der Waals surface area contributed by atoms with Crippen LogP contribution < -0.4 is 10.6 Å². The van der Waals surface area contributed by atoms with Crippen LogP contribution in [0.1, 0.15) is 18.9 Å². The Morgan fingerprint density at radius 2 is 2.14 bits per heavy atom. The fourth-order valence-electron chi connectivity index (χ4n) is 1.44. The van der Waals surface area contributed by atoms with E-state index in [1.165, 1.54) is 0 Å². The summed E-state index contributed by atoms with van der Waals surface area (Å²) in [6.45, 7) is 3.71. The summed E-state index contributed by atoms with van der Waals surface area (Å²) in [4.78, 5) is 2.16. The van der Waals surface area contributed by atoms with Gasteiger partial charge in [0.25, 0.3) is 0 Å². The van der Waals surface area contributed by atoms with Gasteiger partial charge < -0.3 is 10.6 Å². The van der Waals surface area contributed by atoms with Crippen molar-refractivity contribution in [2.75, 3.05) is 18.5 Å². The van der Waals surface area contributed by atoms with Crippen molar-refractivity contribution in [3.8, 4) is 0 Å². The molecule has 0 aliphatic carbocycles. The van der Waals surface area contributed by atoms with Crippen LogP contribution in [0.25, 0.3) is 0 Å². The molecular weight excluding hydrogens is 196 g/mol. The summed E-state index contributed by atoms with van der Waals surface area (Å²) in [5.74, 6) is 0. The normalized spacial score (nSPS) is 10.3. The number of benzene rings is 1. The van der Waals surface area contributed by atoms with Gasteiger partial charge >= 0.3 is 0 Å². The van der Waals surface area contributed by atoms with Crippen LogP contribution in [0.2, 0.25) is 5.02 Å². The van der Waals surface area contributed by atoms with E-state index >= 15 is 0 Å². The van der Waals surface area contributed by atoms with Crippen LogP contribution in [-0.4, -0.2) is 13.6 Å². The SMILES string of the molecule is CCCN(C)c1ccc(CN)cc1Cl. The van der Waals surface area contributed by atoms with Gasteiger partial charge in [0.2, 0.25) is 0 Å². The Morgan fingerprint density at radius 3 is 2.64 bits per heavy atom. The molecule has 0 unspecified atom stereocenters. The average molecular weight is 213 g/mol. The van der Waals surface area contributed by atoms with E-state index in [9.17, 15) is 0 Å². The van der Waals surface area contributed by atoms with Crippen LogP contribution in [0.3, 0.4) is 0 Å². The van der Waals surface area contributed by atoms with Crippen LogP contribution >= 0.6 is 11.6 Å². The maximum absolute atomic E-state index is 6.14. The fourth-order valence-corrected chi connectivity index (χ4v) is 1.79. The zero-order valence-corrected chi connectivity index (χ0v) is 9.51. The van der Waals surface area contributed by atoms with Crippen molar-refractivity contribution < 1.29 is 0 Å². The van der Waals surface area contributed by atoms with Crippen molar-refractivity contribution >= 4 is 17.3 Å². The Bertz CT molecular complexity index is 299. The van der Waals surface area contributed by atoms with Crippen LogP contribution in [-0.2, 0) is 6.54 Å². The Labute approximate surface area is 90.7 Å². The van der Waals surface area contributed by atoms with E-state index in [2.05, 4.69) is 11.8 Å². The molecule has 1 aromatic carbocycles. The summed E-state index contributed by atoms with van der Waals surface area (Å²) in [5.41, 5.74) is 7.68. The lowest BCUT2D eigenvalue weighted by Crippen LogP contribution is -2.18. The van der Waals surface area contributed by atoms with Crippen molar-refractivity contribution in [1.82, 2.24) is 0 Å². The molecule has 1 aromatic rings. The summed E-state index contributed by atoms with van der Waals surface area (Å²) in [6.07, 6.45) is 1.12. The lowest BCUT2D eigenvalue weighted by molar-refractivity contribution is 0.852. The first kappa shape index (κ1) is 11.3. The second-order valence-corrected chi connectivity index (χ2v) is 3.82. The molecule has 0 aromatic heterocycles. The van der Waals surface area contributed by atoms with E-state index in [-0.39, 0.29) is 0 Å². The lowest BCUT2D eigenvalue weighted by Gasteiger charge is -2.20. The van der Waals surface area contributed by atoms with Gasteiger partial charge in [-0.05, 0) is 24.1 Å². The van der Waals surface area contributed by atoms with E-state index < -0.39 is 0 Å². The third kappa shape index (κ3) is 2.63. The van der Waals surface area contributed by atoms with Gasteiger partial charge in [0, 0.05) is 20.1 Å². The van der Waals surface area contributed by atoms with E-state index in [1.54, 1.807) is 0 Å². The van der Waals surface area contributed by atoms with Crippen molar-refractivity contribution in [1.29, 1.82) is 0 Å². The molecule has 3 heteroatoms. The zero-order valence-electron chi connectivity index (χ0n) is 8.76. The molecule has 0 amide bonds. The minimum absolute atomic E-state index is 0.539. The van der Waals surface area contributed by atoms with Crippen LogP contribution in [0.4, 0.5) is 5.69 Å². The molecule has 0 radical (unpaired) electrons. The number of halogens is 1. The molecule has 0 bridgehead atoms. The Balaban J connectivity index is 2.88. The lowest BCUT2D eigenvalue weighted by atomic mass is 10.2. The molecule has 0 spiro atoms. The number of nitrogens with two attached hydrogens (primary N) is 1. The van der Waals surface area contributed by atoms with Gasteiger partial charge in [-0.2, -0.15) is 0 Å². The highest BCUT2D eigenvalue weighted by Crippen LogP contribution is 2.25. The highest BCUT2D eigenvalue weighted by Gasteiger charge is 2.05. The summed E-state index contributed by atoms with van der Waals surface area (Å²) in [7, 11) is 2.05. The molecule has 0 heterocycles. The molecule has 0 saturated carbocycles. The van der Waals surface area contributed by atoms with Crippen molar-refractivity contribution in [3.63, 3.8) is 0 Å². The van der Waals surface area contributed by atoms with E-state index in [1.807, 2.05) is 25.2 Å². The second kappa shape index (κ2) is 5.23. The first-order valence-corrected chi connectivity index (χ1v) is 5.26. The van der Waals surface area contributed by atoms with Crippen molar-refractivity contribution in [2.45, 2.75) is 19.9 Å². The van der Waals surface area contributed by atoms with Gasteiger partial charge in [0.1, 0.15) is 0 Å². The monoisotopic (exact) mass is 212 g/mol. The quantitative estimate of drug-likeness (QED) is 0.832. The fraction of sp³-hybridized carbons (Fsp3) is 0.455. The van der Waals surface area contributed by atoms with Gasteiger partial charge in [-0.25, -0.2) is 0 Å². The molecule has 2 nitrogen and oxygen atoms in total. The smallest absolute Gasteiger partial charge is 0.0642 e. The van der Waals surface area contributed by atoms with Gasteiger partial charge in [0.05, 0.1) is 10.7 Å². The summed E-state index contributed by atoms with van der Waals surface area (Å²) < 4.78 is 0. The first-order chi connectivity index (χ1) is 6.69. The molecule has 0 saturated heterocycles. The highest BCUT2D eigenvalue weighted by molar-refractivity contribution is 6.33. The predicted molar refractivity (Wildman–Crippen MR) is 62.9 cm³/mol. The van der Waals surface area contributed by atoms with Gasteiger partial charge in [-0.1, -0.05) is 24.6 Å². The number of hydrogen-bond acceptors (Lipinski definition) is 2. The predicted octanol–water partition coefficient (Wildman–Crippen LogP) is 2.64. The average Bonchev–Trinajstić information content (AvgIpc) is 2.17. The number of nitrogens with zero attached hydrogens (tertiary/aromatic N) is 1. The van der Waals surface area contributed by atoms with Crippen molar-refractivity contribution in [2.24, 2.45) is 5.73 Å². The van der Waals surface area contributed by atoms with E-state index in [0.29, 0.717) is 6.54 Å². The Kier molecular flexibility index (Phi) is 4.23. The van der Waals surface area contributed by atoms with Crippen LogP contribution in [0, 0.1) is 0 Å². The van der Waals surface area contributed by atoms with Gasteiger partial charge in [-0.3, -0.25) is 0 Å². The van der Waals surface area contributed by atoms with E-state index in [0.717, 1.165) is 29.2 Å². The first-order valence-electron chi connectivity index (χ1n) is 4.88. The molecule has 0 fully saturated rings. The number of anilines is 1. The summed E-state index contributed by atoms with van der Waals surface area (Å²) in [5, 5.41) is 0.781. The standard InChI is InChI=1S/C11H17ClN2/c1-3-6-14(2)11-5-4-9(8-13)7-10(11)12/h4-5,7H,3,6,8,13H2,1-2H3. The number of hydrogen-bond donors (Lipinski definition) is 1. The summed E-state index contributed by atoms with van der Waals surface area (Å²) >= 11 is 6.14. The maximum atomic E-state index is 6.14. The minimum atomic E-state index is 0.539. The van der Waals surface area contributed by atoms with Crippen LogP contribution in [0.5, 0.6) is 0 Å². The molecule has 0 aliphatic rings. The molecule has 2 N–H and O–H groups in total. The second-order valence-electron chi connectivity index (χ2n) is 3.41. The summed E-state index contributed by atoms with van der Waals surface area (Å²) in [6, 6.07) is 5.98. The van der Waals surface area contributed by atoms with Crippen LogP contribution in [0.15, 0.2) is 18.2 Å². The van der Waals surface area contributed by atoms with Crippen molar-refractivity contribution in [3.05, 3.63) is 28.8 Å². The molecule has 1 rings (SSSR count). The largest absolute Gasteiger partial charge is 0.373 e. The molecular formula is C11H17ClN2. The molecule has 78 valence electrons. The molecule has 0 atom stereocenters. The van der Waals surface area contributed by atoms with Gasteiger partial charge in [-0.15, -0.1) is 0 Å². The topological polar surface area (TPSA) is 29.3 Å². The zero-order chi connectivity index (χ0) is 10.6. The number of rotatable bonds is 4. The highest BCUT2D eigenvalue weighted by atomic mass is 35.5. The minimum Gasteiger partial charge on any atom is -0.373 e. The van der Waals surface area contributed by atoms with Gasteiger partial charge in [0.15, 0.2) is 0 Å². The van der Waals surface area contributed by atoms with E-state index in [4.69, 9.17) is 17.3 Å². The molecule has 0 aliphatic heterocycles. The third-order valence-corrected chi connectivity index (χ3v) is 2.52. The molecule has 14 heavy (non-hydrogen) atoms. The maximum Gasteiger partial charge on any atom is 0.0642 e.